The van der Waals surface area contributed by atoms with Crippen LogP contribution in [0.1, 0.15) is 59.9 Å². The molecule has 0 aromatic heterocycles. The van der Waals surface area contributed by atoms with Gasteiger partial charge in [-0.1, -0.05) is 53.7 Å². The third kappa shape index (κ3) is 5.26. The number of phenols is 1. The molecular formula is C18H30O. The van der Waals surface area contributed by atoms with Gasteiger partial charge in [0.2, 0.25) is 0 Å². The molecular weight excluding hydrogens is 232 g/mol. The van der Waals surface area contributed by atoms with Crippen LogP contribution in [0.25, 0.3) is 0 Å². The SMILES string of the molecule is CC(C)(C)C(CCCc1cccc(O)c1)C(C)(C)C. The summed E-state index contributed by atoms with van der Waals surface area (Å²) < 4.78 is 0. The molecule has 1 heteroatoms. The van der Waals surface area contributed by atoms with Crippen LogP contribution in [0.5, 0.6) is 5.75 Å². The summed E-state index contributed by atoms with van der Waals surface area (Å²) in [6, 6.07) is 7.64. The van der Waals surface area contributed by atoms with Gasteiger partial charge >= 0.3 is 0 Å². The number of hydrogen-bond acceptors (Lipinski definition) is 1. The zero-order valence-electron chi connectivity index (χ0n) is 13.5. The summed E-state index contributed by atoms with van der Waals surface area (Å²) in [6.45, 7) is 14.1. The predicted molar refractivity (Wildman–Crippen MR) is 83.4 cm³/mol. The molecule has 0 aliphatic rings. The maximum atomic E-state index is 9.48. The van der Waals surface area contributed by atoms with Gasteiger partial charge in [-0.15, -0.1) is 0 Å². The van der Waals surface area contributed by atoms with E-state index < -0.39 is 0 Å². The molecule has 0 heterocycles. The van der Waals surface area contributed by atoms with Crippen LogP contribution in [0.4, 0.5) is 0 Å². The lowest BCUT2D eigenvalue weighted by Gasteiger charge is -2.41. The topological polar surface area (TPSA) is 20.2 Å². The molecule has 0 fully saturated rings. The molecule has 0 radical (unpaired) electrons. The van der Waals surface area contributed by atoms with Gasteiger partial charge in [-0.2, -0.15) is 0 Å². The first-order valence-corrected chi connectivity index (χ1v) is 7.38. The first-order valence-electron chi connectivity index (χ1n) is 7.38. The maximum Gasteiger partial charge on any atom is 0.115 e. The van der Waals surface area contributed by atoms with E-state index in [2.05, 4.69) is 47.6 Å². The highest BCUT2D eigenvalue weighted by Gasteiger charge is 2.33. The minimum atomic E-state index is 0.344. The molecule has 108 valence electrons. The Balaban J connectivity index is 2.59. The van der Waals surface area contributed by atoms with E-state index in [9.17, 15) is 5.11 Å². The van der Waals surface area contributed by atoms with Gasteiger partial charge in [-0.05, 0) is 53.7 Å². The van der Waals surface area contributed by atoms with E-state index in [1.54, 1.807) is 6.07 Å². The Hall–Kier alpha value is -0.980. The summed E-state index contributed by atoms with van der Waals surface area (Å²) in [6.07, 6.45) is 3.47. The highest BCUT2D eigenvalue weighted by atomic mass is 16.3. The van der Waals surface area contributed by atoms with Crippen molar-refractivity contribution in [1.82, 2.24) is 0 Å². The fourth-order valence-corrected chi connectivity index (χ4v) is 3.39. The first-order chi connectivity index (χ1) is 8.60. The summed E-state index contributed by atoms with van der Waals surface area (Å²) >= 11 is 0. The fourth-order valence-electron chi connectivity index (χ4n) is 3.39. The molecule has 0 saturated heterocycles. The van der Waals surface area contributed by atoms with E-state index in [-0.39, 0.29) is 0 Å². The molecule has 0 saturated carbocycles. The maximum absolute atomic E-state index is 9.48. The van der Waals surface area contributed by atoms with Crippen molar-refractivity contribution in [2.45, 2.75) is 60.8 Å². The molecule has 0 spiro atoms. The standard InChI is InChI=1S/C18H30O/c1-17(2,3)16(18(4,5)6)12-8-10-14-9-7-11-15(19)13-14/h7,9,11,13,16,19H,8,10,12H2,1-6H3. The Morgan fingerprint density at radius 1 is 1.00 bits per heavy atom. The van der Waals surface area contributed by atoms with Crippen LogP contribution in [-0.2, 0) is 6.42 Å². The van der Waals surface area contributed by atoms with Gasteiger partial charge in [-0.3, -0.25) is 0 Å². The molecule has 1 rings (SSSR count). The molecule has 0 bridgehead atoms. The van der Waals surface area contributed by atoms with E-state index in [0.29, 0.717) is 22.5 Å². The van der Waals surface area contributed by atoms with Crippen molar-refractivity contribution in [2.75, 3.05) is 0 Å². The quantitative estimate of drug-likeness (QED) is 0.767. The second-order valence-electron chi connectivity index (χ2n) is 7.85. The molecule has 19 heavy (non-hydrogen) atoms. The number of aryl methyl sites for hydroxylation is 1. The molecule has 1 N–H and O–H groups in total. The Bertz CT molecular complexity index is 379. The van der Waals surface area contributed by atoms with Crippen LogP contribution in [0.15, 0.2) is 24.3 Å². The lowest BCUT2D eigenvalue weighted by molar-refractivity contribution is 0.0908. The summed E-state index contributed by atoms with van der Waals surface area (Å²) in [5.41, 5.74) is 1.93. The van der Waals surface area contributed by atoms with Crippen LogP contribution in [0, 0.1) is 16.7 Å². The number of benzene rings is 1. The lowest BCUT2D eigenvalue weighted by atomic mass is 9.64. The molecule has 0 unspecified atom stereocenters. The van der Waals surface area contributed by atoms with Crippen molar-refractivity contribution in [3.05, 3.63) is 29.8 Å². The molecule has 1 aromatic rings. The largest absolute Gasteiger partial charge is 0.508 e. The van der Waals surface area contributed by atoms with Crippen molar-refractivity contribution in [3.63, 3.8) is 0 Å². The average Bonchev–Trinajstić information content (AvgIpc) is 2.21. The Morgan fingerprint density at radius 2 is 1.58 bits per heavy atom. The molecule has 0 atom stereocenters. The van der Waals surface area contributed by atoms with Crippen LogP contribution in [0.3, 0.4) is 0 Å². The fraction of sp³-hybridized carbons (Fsp3) is 0.667. The number of hydrogen-bond donors (Lipinski definition) is 1. The monoisotopic (exact) mass is 262 g/mol. The smallest absolute Gasteiger partial charge is 0.115 e. The number of rotatable bonds is 4. The first kappa shape index (κ1) is 16.1. The summed E-state index contributed by atoms with van der Waals surface area (Å²) in [4.78, 5) is 0. The Kier molecular flexibility index (Phi) is 5.06. The summed E-state index contributed by atoms with van der Waals surface area (Å²) in [7, 11) is 0. The Morgan fingerprint density at radius 3 is 2.05 bits per heavy atom. The van der Waals surface area contributed by atoms with Crippen LogP contribution in [0.2, 0.25) is 0 Å². The summed E-state index contributed by atoms with van der Waals surface area (Å²) in [5, 5.41) is 9.48. The number of phenolic OH excluding ortho intramolecular Hbond substituents is 1. The normalized spacial score (nSPS) is 13.0. The van der Waals surface area contributed by atoms with Gasteiger partial charge in [0.1, 0.15) is 5.75 Å². The third-order valence-corrected chi connectivity index (χ3v) is 3.96. The second kappa shape index (κ2) is 5.98. The van der Waals surface area contributed by atoms with Gasteiger partial charge in [-0.25, -0.2) is 0 Å². The van der Waals surface area contributed by atoms with Crippen LogP contribution in [-0.4, -0.2) is 5.11 Å². The Labute approximate surface area is 119 Å². The van der Waals surface area contributed by atoms with Crippen molar-refractivity contribution >= 4 is 0 Å². The van der Waals surface area contributed by atoms with Crippen molar-refractivity contribution < 1.29 is 5.11 Å². The molecule has 0 amide bonds. The molecule has 1 nitrogen and oxygen atoms in total. The van der Waals surface area contributed by atoms with E-state index >= 15 is 0 Å². The van der Waals surface area contributed by atoms with E-state index in [4.69, 9.17) is 0 Å². The van der Waals surface area contributed by atoms with E-state index in [0.717, 1.165) is 6.42 Å². The third-order valence-electron chi connectivity index (χ3n) is 3.96. The van der Waals surface area contributed by atoms with Gasteiger partial charge in [0.25, 0.3) is 0 Å². The van der Waals surface area contributed by atoms with Gasteiger partial charge in [0.05, 0.1) is 0 Å². The zero-order valence-corrected chi connectivity index (χ0v) is 13.5. The lowest BCUT2D eigenvalue weighted by Crippen LogP contribution is -2.32. The minimum absolute atomic E-state index is 0.344. The van der Waals surface area contributed by atoms with Gasteiger partial charge in [0, 0.05) is 0 Å². The number of aromatic hydroxyl groups is 1. The van der Waals surface area contributed by atoms with Crippen molar-refractivity contribution in [2.24, 2.45) is 16.7 Å². The van der Waals surface area contributed by atoms with Crippen molar-refractivity contribution in [3.8, 4) is 5.75 Å². The van der Waals surface area contributed by atoms with E-state index in [1.807, 2.05) is 12.1 Å². The molecule has 1 aromatic carbocycles. The highest BCUT2D eigenvalue weighted by molar-refractivity contribution is 5.27. The van der Waals surface area contributed by atoms with E-state index in [1.165, 1.54) is 18.4 Å². The molecule has 0 aliphatic carbocycles. The van der Waals surface area contributed by atoms with Crippen LogP contribution >= 0.6 is 0 Å². The second-order valence-corrected chi connectivity index (χ2v) is 7.85. The highest BCUT2D eigenvalue weighted by Crippen LogP contribution is 2.42. The van der Waals surface area contributed by atoms with Gasteiger partial charge in [0.15, 0.2) is 0 Å². The average molecular weight is 262 g/mol. The molecule has 0 aliphatic heterocycles. The van der Waals surface area contributed by atoms with Crippen LogP contribution < -0.4 is 0 Å². The van der Waals surface area contributed by atoms with Crippen molar-refractivity contribution in [1.29, 1.82) is 0 Å². The summed E-state index contributed by atoms with van der Waals surface area (Å²) in [5.74, 6) is 1.08. The predicted octanol–water partition coefficient (Wildman–Crippen LogP) is 5.42. The zero-order chi connectivity index (χ0) is 14.7. The minimum Gasteiger partial charge on any atom is -0.508 e. The van der Waals surface area contributed by atoms with Gasteiger partial charge < -0.3 is 5.11 Å².